The van der Waals surface area contributed by atoms with E-state index in [4.69, 9.17) is 4.18 Å². The molecule has 1 N–H and O–H groups in total. The van der Waals surface area contributed by atoms with Crippen LogP contribution in [0.2, 0.25) is 0 Å². The molecule has 0 bridgehead atoms. The SMILES string of the molecule is Cc1ccc(SOCCC(C)(C)O)cc1. The van der Waals surface area contributed by atoms with Crippen molar-refractivity contribution in [2.24, 2.45) is 0 Å². The largest absolute Gasteiger partial charge is 0.390 e. The van der Waals surface area contributed by atoms with Crippen LogP contribution < -0.4 is 0 Å². The lowest BCUT2D eigenvalue weighted by Gasteiger charge is -2.15. The molecule has 3 heteroatoms. The molecule has 1 aromatic carbocycles. The minimum Gasteiger partial charge on any atom is -0.390 e. The first-order chi connectivity index (χ1) is 6.97. The van der Waals surface area contributed by atoms with E-state index < -0.39 is 5.60 Å². The fourth-order valence-corrected chi connectivity index (χ4v) is 1.54. The minimum atomic E-state index is -0.645. The second-order valence-electron chi connectivity index (χ2n) is 4.28. The van der Waals surface area contributed by atoms with E-state index in [1.807, 2.05) is 12.1 Å². The van der Waals surface area contributed by atoms with E-state index in [1.54, 1.807) is 13.8 Å². The van der Waals surface area contributed by atoms with Crippen LogP contribution in [0.5, 0.6) is 0 Å². The Hall–Kier alpha value is -0.510. The summed E-state index contributed by atoms with van der Waals surface area (Å²) < 4.78 is 5.39. The Labute approximate surface area is 95.9 Å². The lowest BCUT2D eigenvalue weighted by molar-refractivity contribution is 0.0582. The molecule has 1 aromatic rings. The van der Waals surface area contributed by atoms with E-state index in [9.17, 15) is 5.11 Å². The summed E-state index contributed by atoms with van der Waals surface area (Å²) in [4.78, 5) is 1.09. The van der Waals surface area contributed by atoms with Crippen LogP contribution in [0.3, 0.4) is 0 Å². The maximum absolute atomic E-state index is 9.46. The van der Waals surface area contributed by atoms with Gasteiger partial charge >= 0.3 is 0 Å². The third kappa shape index (κ3) is 5.82. The predicted molar refractivity (Wildman–Crippen MR) is 63.9 cm³/mol. The van der Waals surface area contributed by atoms with Crippen molar-refractivity contribution in [3.8, 4) is 0 Å². The van der Waals surface area contributed by atoms with Crippen LogP contribution in [0.15, 0.2) is 29.2 Å². The van der Waals surface area contributed by atoms with Gasteiger partial charge in [-0.25, -0.2) is 0 Å². The highest BCUT2D eigenvalue weighted by molar-refractivity contribution is 7.94. The van der Waals surface area contributed by atoms with Gasteiger partial charge in [-0.2, -0.15) is 0 Å². The van der Waals surface area contributed by atoms with Gasteiger partial charge in [0.15, 0.2) is 0 Å². The lowest BCUT2D eigenvalue weighted by atomic mass is 10.1. The zero-order chi connectivity index (χ0) is 11.3. The molecule has 0 saturated heterocycles. The number of aliphatic hydroxyl groups is 1. The van der Waals surface area contributed by atoms with Gasteiger partial charge in [-0.3, -0.25) is 0 Å². The number of rotatable bonds is 5. The summed E-state index contributed by atoms with van der Waals surface area (Å²) in [6.07, 6.45) is 0.645. The minimum absolute atomic E-state index is 0.558. The van der Waals surface area contributed by atoms with Gasteiger partial charge in [-0.15, -0.1) is 0 Å². The molecule has 0 atom stereocenters. The van der Waals surface area contributed by atoms with Gasteiger partial charge in [-0.05, 0) is 32.9 Å². The van der Waals surface area contributed by atoms with Gasteiger partial charge in [0.25, 0.3) is 0 Å². The van der Waals surface area contributed by atoms with Crippen molar-refractivity contribution >= 4 is 12.0 Å². The monoisotopic (exact) mass is 226 g/mol. The molecule has 84 valence electrons. The van der Waals surface area contributed by atoms with E-state index in [0.717, 1.165) is 4.90 Å². The molecule has 2 nitrogen and oxygen atoms in total. The van der Waals surface area contributed by atoms with Crippen LogP contribution in [0, 0.1) is 6.92 Å². The fourth-order valence-electron chi connectivity index (χ4n) is 0.995. The Kier molecular flexibility index (Phi) is 4.64. The second kappa shape index (κ2) is 5.54. The molecule has 0 aliphatic heterocycles. The van der Waals surface area contributed by atoms with Crippen LogP contribution in [-0.2, 0) is 4.18 Å². The quantitative estimate of drug-likeness (QED) is 0.617. The molecule has 0 spiro atoms. The van der Waals surface area contributed by atoms with Gasteiger partial charge in [-0.1, -0.05) is 17.7 Å². The van der Waals surface area contributed by atoms with E-state index in [2.05, 4.69) is 19.1 Å². The second-order valence-corrected chi connectivity index (χ2v) is 5.15. The number of hydrogen-bond acceptors (Lipinski definition) is 3. The van der Waals surface area contributed by atoms with Gasteiger partial charge in [0, 0.05) is 23.4 Å². The molecular weight excluding hydrogens is 208 g/mol. The first-order valence-electron chi connectivity index (χ1n) is 5.06. The fraction of sp³-hybridized carbons (Fsp3) is 0.500. The number of aryl methyl sites for hydroxylation is 1. The van der Waals surface area contributed by atoms with E-state index >= 15 is 0 Å². The van der Waals surface area contributed by atoms with Crippen LogP contribution in [-0.4, -0.2) is 17.3 Å². The maximum atomic E-state index is 9.46. The van der Waals surface area contributed by atoms with Crippen molar-refractivity contribution in [1.29, 1.82) is 0 Å². The average molecular weight is 226 g/mol. The van der Waals surface area contributed by atoms with Crippen LogP contribution in [0.1, 0.15) is 25.8 Å². The summed E-state index contributed by atoms with van der Waals surface area (Å²) in [5, 5.41) is 9.46. The van der Waals surface area contributed by atoms with Crippen LogP contribution >= 0.6 is 12.0 Å². The lowest BCUT2D eigenvalue weighted by Crippen LogP contribution is -2.20. The Morgan fingerprint density at radius 3 is 2.40 bits per heavy atom. The maximum Gasteiger partial charge on any atom is 0.0645 e. The molecule has 0 unspecified atom stereocenters. The zero-order valence-corrected chi connectivity index (χ0v) is 10.3. The molecular formula is C12H18O2S. The molecule has 0 radical (unpaired) electrons. The zero-order valence-electron chi connectivity index (χ0n) is 9.49. The van der Waals surface area contributed by atoms with E-state index in [1.165, 1.54) is 17.6 Å². The van der Waals surface area contributed by atoms with Gasteiger partial charge < -0.3 is 9.29 Å². The Morgan fingerprint density at radius 1 is 1.27 bits per heavy atom. The van der Waals surface area contributed by atoms with E-state index in [0.29, 0.717) is 13.0 Å². The number of hydrogen-bond donors (Lipinski definition) is 1. The summed E-state index contributed by atoms with van der Waals surface area (Å²) in [5.74, 6) is 0. The Balaban J connectivity index is 2.23. The summed E-state index contributed by atoms with van der Waals surface area (Å²) >= 11 is 1.36. The third-order valence-electron chi connectivity index (χ3n) is 1.97. The molecule has 0 fully saturated rings. The van der Waals surface area contributed by atoms with Crippen molar-refractivity contribution in [3.63, 3.8) is 0 Å². The van der Waals surface area contributed by atoms with Crippen molar-refractivity contribution in [3.05, 3.63) is 29.8 Å². The third-order valence-corrected chi connectivity index (χ3v) is 2.72. The first-order valence-corrected chi connectivity index (χ1v) is 5.80. The normalized spacial score (nSPS) is 11.7. The van der Waals surface area contributed by atoms with Crippen LogP contribution in [0.25, 0.3) is 0 Å². The molecule has 0 heterocycles. The van der Waals surface area contributed by atoms with Gasteiger partial charge in [0.05, 0.1) is 12.2 Å². The van der Waals surface area contributed by atoms with Crippen molar-refractivity contribution < 1.29 is 9.29 Å². The predicted octanol–water partition coefficient (Wildman–Crippen LogP) is 3.18. The van der Waals surface area contributed by atoms with Crippen molar-refractivity contribution in [1.82, 2.24) is 0 Å². The smallest absolute Gasteiger partial charge is 0.0645 e. The molecule has 0 aliphatic rings. The highest BCUT2D eigenvalue weighted by Gasteiger charge is 2.11. The summed E-state index contributed by atoms with van der Waals surface area (Å²) in [5.41, 5.74) is 0.601. The molecule has 0 aromatic heterocycles. The highest BCUT2D eigenvalue weighted by atomic mass is 32.2. The average Bonchev–Trinajstić information content (AvgIpc) is 2.14. The first kappa shape index (κ1) is 12.6. The standard InChI is InChI=1S/C12H18O2S/c1-10-4-6-11(7-5-10)15-14-9-8-12(2,3)13/h4-7,13H,8-9H2,1-3H3. The van der Waals surface area contributed by atoms with Crippen molar-refractivity contribution in [2.75, 3.05) is 6.61 Å². The summed E-state index contributed by atoms with van der Waals surface area (Å²) in [7, 11) is 0. The molecule has 15 heavy (non-hydrogen) atoms. The molecule has 0 amide bonds. The van der Waals surface area contributed by atoms with Crippen molar-refractivity contribution in [2.45, 2.75) is 37.7 Å². The molecule has 0 saturated carbocycles. The van der Waals surface area contributed by atoms with E-state index in [-0.39, 0.29) is 0 Å². The molecule has 0 aliphatic carbocycles. The van der Waals surface area contributed by atoms with Crippen LogP contribution in [0.4, 0.5) is 0 Å². The Morgan fingerprint density at radius 2 is 1.87 bits per heavy atom. The highest BCUT2D eigenvalue weighted by Crippen LogP contribution is 2.20. The summed E-state index contributed by atoms with van der Waals surface area (Å²) in [6.45, 7) is 6.19. The number of benzene rings is 1. The Bertz CT molecular complexity index is 287. The summed E-state index contributed by atoms with van der Waals surface area (Å²) in [6, 6.07) is 8.18. The topological polar surface area (TPSA) is 29.5 Å². The molecule has 1 rings (SSSR count). The van der Waals surface area contributed by atoms with Gasteiger partial charge in [0.1, 0.15) is 0 Å². The van der Waals surface area contributed by atoms with Gasteiger partial charge in [0.2, 0.25) is 0 Å².